The average molecular weight is 496 g/mol. The van der Waals surface area contributed by atoms with Crippen molar-refractivity contribution in [1.82, 2.24) is 15.2 Å². The van der Waals surface area contributed by atoms with Gasteiger partial charge in [-0.05, 0) is 55.9 Å². The summed E-state index contributed by atoms with van der Waals surface area (Å²) in [7, 11) is 1.52. The van der Waals surface area contributed by atoms with Crippen LogP contribution in [0.5, 0.6) is 5.75 Å². The molecule has 3 atom stereocenters. The molecule has 0 bridgehead atoms. The lowest BCUT2D eigenvalue weighted by molar-refractivity contribution is 0.0690. The van der Waals surface area contributed by atoms with E-state index in [1.54, 1.807) is 29.5 Å². The van der Waals surface area contributed by atoms with Gasteiger partial charge in [-0.1, -0.05) is 41.4 Å². The van der Waals surface area contributed by atoms with Crippen molar-refractivity contribution >= 4 is 34.8 Å². The number of thiazole rings is 1. The summed E-state index contributed by atoms with van der Waals surface area (Å²) in [4.78, 5) is 34.0. The van der Waals surface area contributed by atoms with Gasteiger partial charge < -0.3 is 15.0 Å². The monoisotopic (exact) mass is 495 g/mol. The molecule has 34 heavy (non-hydrogen) atoms. The summed E-state index contributed by atoms with van der Waals surface area (Å²) in [5.74, 6) is 1.04. The van der Waals surface area contributed by atoms with Crippen LogP contribution in [0.2, 0.25) is 5.02 Å². The first-order valence-electron chi connectivity index (χ1n) is 11.3. The number of aryl methyl sites for hydroxylation is 2. The Balaban J connectivity index is 1.36. The number of carbonyl (C=O) groups excluding carboxylic acids is 2. The molecule has 2 heterocycles. The number of hydrogen-bond donors (Lipinski definition) is 1. The van der Waals surface area contributed by atoms with Crippen molar-refractivity contribution in [2.24, 2.45) is 11.8 Å². The second kappa shape index (κ2) is 9.04. The zero-order valence-corrected chi connectivity index (χ0v) is 20.9. The second-order valence-corrected chi connectivity index (χ2v) is 10.7. The number of fused-ring (bicyclic) bond motifs is 1. The zero-order chi connectivity index (χ0) is 24.0. The molecule has 2 amide bonds. The highest BCUT2D eigenvalue weighted by Crippen LogP contribution is 2.50. The largest absolute Gasteiger partial charge is 0.496 e. The summed E-state index contributed by atoms with van der Waals surface area (Å²) < 4.78 is 5.31. The molecule has 1 aromatic heterocycles. The maximum Gasteiger partial charge on any atom is 0.274 e. The Morgan fingerprint density at radius 3 is 2.82 bits per heavy atom. The highest BCUT2D eigenvalue weighted by atomic mass is 35.5. The van der Waals surface area contributed by atoms with E-state index < -0.39 is 0 Å². The molecule has 8 heteroatoms. The Morgan fingerprint density at radius 1 is 1.24 bits per heavy atom. The van der Waals surface area contributed by atoms with E-state index in [-0.39, 0.29) is 17.9 Å². The summed E-state index contributed by atoms with van der Waals surface area (Å²) in [6.07, 6.45) is 1.09. The van der Waals surface area contributed by atoms with Gasteiger partial charge in [0.1, 0.15) is 11.4 Å². The van der Waals surface area contributed by atoms with E-state index in [0.717, 1.165) is 27.4 Å². The molecule has 0 spiro atoms. The third-order valence-corrected chi connectivity index (χ3v) is 7.91. The summed E-state index contributed by atoms with van der Waals surface area (Å²) in [5, 5.41) is 4.34. The normalized spacial score (nSPS) is 20.7. The fourth-order valence-electron chi connectivity index (χ4n) is 4.91. The molecule has 1 aliphatic heterocycles. The second-order valence-electron chi connectivity index (χ2n) is 9.02. The lowest BCUT2D eigenvalue weighted by Gasteiger charge is -2.27. The molecule has 5 rings (SSSR count). The average Bonchev–Trinajstić information content (AvgIpc) is 3.33. The number of nitrogens with one attached hydrogen (secondary N) is 1. The van der Waals surface area contributed by atoms with Crippen molar-refractivity contribution in [2.75, 3.05) is 20.2 Å². The number of piperidine rings is 1. The van der Waals surface area contributed by atoms with Crippen LogP contribution in [0.15, 0.2) is 42.5 Å². The van der Waals surface area contributed by atoms with Gasteiger partial charge >= 0.3 is 0 Å². The highest BCUT2D eigenvalue weighted by molar-refractivity contribution is 7.15. The highest BCUT2D eigenvalue weighted by Gasteiger charge is 2.54. The molecule has 1 aliphatic carbocycles. The Kier molecular flexibility index (Phi) is 6.08. The molecule has 0 radical (unpaired) electrons. The van der Waals surface area contributed by atoms with Crippen LogP contribution in [0.1, 0.15) is 37.8 Å². The fraction of sp³-hybridized carbons (Fsp3) is 0.346. The van der Waals surface area contributed by atoms with Crippen LogP contribution >= 0.6 is 22.9 Å². The predicted molar refractivity (Wildman–Crippen MR) is 134 cm³/mol. The topological polar surface area (TPSA) is 71.5 Å². The van der Waals surface area contributed by atoms with Gasteiger partial charge in [-0.15, -0.1) is 11.3 Å². The van der Waals surface area contributed by atoms with Crippen LogP contribution in [0.3, 0.4) is 0 Å². The predicted octanol–water partition coefficient (Wildman–Crippen LogP) is 4.98. The minimum Gasteiger partial charge on any atom is -0.496 e. The van der Waals surface area contributed by atoms with Gasteiger partial charge in [-0.3, -0.25) is 9.59 Å². The quantitative estimate of drug-likeness (QED) is 0.523. The zero-order valence-electron chi connectivity index (χ0n) is 19.3. The van der Waals surface area contributed by atoms with E-state index in [0.29, 0.717) is 47.0 Å². The third kappa shape index (κ3) is 4.30. The van der Waals surface area contributed by atoms with E-state index in [9.17, 15) is 9.59 Å². The number of nitrogens with zero attached hydrogens (tertiary/aromatic N) is 2. The first-order chi connectivity index (χ1) is 16.4. The van der Waals surface area contributed by atoms with E-state index in [1.165, 1.54) is 7.11 Å². The van der Waals surface area contributed by atoms with Crippen LogP contribution < -0.4 is 10.1 Å². The van der Waals surface area contributed by atoms with Crippen molar-refractivity contribution in [3.05, 3.63) is 69.3 Å². The number of aromatic nitrogens is 1. The summed E-state index contributed by atoms with van der Waals surface area (Å²) in [6, 6.07) is 13.1. The van der Waals surface area contributed by atoms with Gasteiger partial charge in [0.15, 0.2) is 0 Å². The Morgan fingerprint density at radius 2 is 2.06 bits per heavy atom. The number of rotatable bonds is 6. The van der Waals surface area contributed by atoms with Crippen LogP contribution in [0.25, 0.3) is 10.4 Å². The van der Waals surface area contributed by atoms with E-state index in [4.69, 9.17) is 16.3 Å². The van der Waals surface area contributed by atoms with E-state index >= 15 is 0 Å². The number of methoxy groups -OCH3 is 1. The number of carbonyl (C=O) groups is 2. The summed E-state index contributed by atoms with van der Waals surface area (Å²) in [5.41, 5.74) is 3.04. The van der Waals surface area contributed by atoms with E-state index in [2.05, 4.69) is 16.4 Å². The van der Waals surface area contributed by atoms with Crippen molar-refractivity contribution in [2.45, 2.75) is 26.3 Å². The maximum absolute atomic E-state index is 13.7. The number of amides is 2. The van der Waals surface area contributed by atoms with Crippen molar-refractivity contribution in [1.29, 1.82) is 0 Å². The van der Waals surface area contributed by atoms with Crippen LogP contribution in [-0.4, -0.2) is 47.9 Å². The van der Waals surface area contributed by atoms with Gasteiger partial charge in [0.05, 0.1) is 28.6 Å². The summed E-state index contributed by atoms with van der Waals surface area (Å²) in [6.45, 7) is 5.05. The molecule has 6 nitrogen and oxygen atoms in total. The number of hydrogen-bond acceptors (Lipinski definition) is 5. The van der Waals surface area contributed by atoms with Gasteiger partial charge in [-0.25, -0.2) is 4.98 Å². The number of likely N-dealkylation sites (tertiary alicyclic amines) is 1. The fourth-order valence-corrected chi connectivity index (χ4v) is 5.99. The van der Waals surface area contributed by atoms with Crippen molar-refractivity contribution in [3.63, 3.8) is 0 Å². The van der Waals surface area contributed by atoms with Crippen LogP contribution in [0.4, 0.5) is 0 Å². The molecule has 1 N–H and O–H groups in total. The molecular formula is C26H26ClN3O3S. The summed E-state index contributed by atoms with van der Waals surface area (Å²) >= 11 is 7.63. The standard InChI is InChI=1S/C26H26ClN3O3S/c1-14-5-4-6-16(9-14)24-23(29-15(2)34-24)26(32)30-13-17-10-19(17)21(30)12-28-25(31)20-11-18(27)7-8-22(20)33-3/h4-9,11,17,19,21H,10,12-13H2,1-3H3,(H,28,31)/t17-,19?,21+/m0/s1. The lowest BCUT2D eigenvalue weighted by Crippen LogP contribution is -2.45. The Labute approximate surface area is 207 Å². The molecule has 1 saturated carbocycles. The first kappa shape index (κ1) is 22.9. The molecule has 176 valence electrons. The van der Waals surface area contributed by atoms with Gasteiger partial charge in [-0.2, -0.15) is 0 Å². The van der Waals surface area contributed by atoms with Gasteiger partial charge in [0.2, 0.25) is 0 Å². The van der Waals surface area contributed by atoms with Gasteiger partial charge in [0.25, 0.3) is 11.8 Å². The maximum atomic E-state index is 13.7. The molecule has 2 aliphatic rings. The molecule has 1 unspecified atom stereocenters. The number of ether oxygens (including phenoxy) is 1. The smallest absolute Gasteiger partial charge is 0.274 e. The molecule has 2 fully saturated rings. The van der Waals surface area contributed by atoms with Crippen molar-refractivity contribution < 1.29 is 14.3 Å². The Hall–Kier alpha value is -2.90. The molecule has 3 aromatic rings. The lowest BCUT2D eigenvalue weighted by atomic mass is 10.1. The minimum atomic E-state index is -0.263. The van der Waals surface area contributed by atoms with Crippen LogP contribution in [0, 0.1) is 25.7 Å². The SMILES string of the molecule is COc1ccc(Cl)cc1C(=O)NC[C@@H]1C2C[C@H]2CN1C(=O)c1nc(C)sc1-c1cccc(C)c1. The first-order valence-corrected chi connectivity index (χ1v) is 12.5. The van der Waals surface area contributed by atoms with Gasteiger partial charge in [0, 0.05) is 18.1 Å². The molecule has 1 saturated heterocycles. The number of halogens is 1. The van der Waals surface area contributed by atoms with E-state index in [1.807, 2.05) is 36.9 Å². The minimum absolute atomic E-state index is 0.0565. The molecular weight excluding hydrogens is 470 g/mol. The molecule has 2 aromatic carbocycles. The van der Waals surface area contributed by atoms with Crippen molar-refractivity contribution in [3.8, 4) is 16.2 Å². The Bertz CT molecular complexity index is 1270. The number of benzene rings is 2. The third-order valence-electron chi connectivity index (χ3n) is 6.66. The van der Waals surface area contributed by atoms with Crippen LogP contribution in [-0.2, 0) is 0 Å².